The fourth-order valence-corrected chi connectivity index (χ4v) is 2.54. The van der Waals surface area contributed by atoms with Crippen molar-refractivity contribution in [3.05, 3.63) is 85.2 Å². The van der Waals surface area contributed by atoms with Crippen molar-refractivity contribution in [2.24, 2.45) is 0 Å². The van der Waals surface area contributed by atoms with Crippen molar-refractivity contribution in [3.8, 4) is 17.4 Å². The Bertz CT molecular complexity index is 1150. The van der Waals surface area contributed by atoms with Gasteiger partial charge in [0.05, 0.1) is 0 Å². The highest BCUT2D eigenvalue weighted by molar-refractivity contribution is 5.99. The quantitative estimate of drug-likeness (QED) is 0.511. The van der Waals surface area contributed by atoms with E-state index in [4.69, 9.17) is 4.74 Å². The molecule has 0 saturated heterocycles. The topological polar surface area (TPSA) is 94.0 Å². The van der Waals surface area contributed by atoms with Crippen LogP contribution in [0, 0.1) is 11.6 Å². The van der Waals surface area contributed by atoms with Gasteiger partial charge in [-0.15, -0.1) is 0 Å². The van der Waals surface area contributed by atoms with Crippen molar-refractivity contribution in [3.63, 3.8) is 0 Å². The highest BCUT2D eigenvalue weighted by Crippen LogP contribution is 2.23. The van der Waals surface area contributed by atoms with E-state index in [0.29, 0.717) is 23.1 Å². The van der Waals surface area contributed by atoms with Gasteiger partial charge in [0.15, 0.2) is 0 Å². The summed E-state index contributed by atoms with van der Waals surface area (Å²) in [6.07, 6.45) is 6.34. The standard InChI is InChI=1S/C20H14F2N6O2/c21-15-2-1-3-16(22)19(15)27-20(29)26-13-4-6-14(7-5-13)30-18-10-17(24-11-25-18)28-9-8-23-12-28/h1-12H,(H2,26,27,29). The number of aromatic nitrogens is 4. The van der Waals surface area contributed by atoms with Gasteiger partial charge in [-0.25, -0.2) is 28.5 Å². The minimum atomic E-state index is -0.867. The number of hydrogen-bond acceptors (Lipinski definition) is 5. The number of amides is 2. The number of anilines is 2. The van der Waals surface area contributed by atoms with E-state index in [2.05, 4.69) is 25.6 Å². The third-order valence-electron chi connectivity index (χ3n) is 3.93. The average molecular weight is 408 g/mol. The number of ether oxygens (including phenoxy) is 1. The summed E-state index contributed by atoms with van der Waals surface area (Å²) in [5.41, 5.74) is -0.120. The molecule has 0 saturated carbocycles. The molecule has 0 bridgehead atoms. The monoisotopic (exact) mass is 408 g/mol. The second-order valence-corrected chi connectivity index (χ2v) is 5.99. The molecule has 0 fully saturated rings. The van der Waals surface area contributed by atoms with Crippen molar-refractivity contribution < 1.29 is 18.3 Å². The molecular weight excluding hydrogens is 394 g/mol. The van der Waals surface area contributed by atoms with Crippen LogP contribution in [0.25, 0.3) is 5.82 Å². The number of imidazole rings is 1. The Morgan fingerprint density at radius 1 is 1.00 bits per heavy atom. The average Bonchev–Trinajstić information content (AvgIpc) is 3.28. The van der Waals surface area contributed by atoms with Crippen LogP contribution in [-0.4, -0.2) is 25.6 Å². The van der Waals surface area contributed by atoms with Crippen LogP contribution in [0.2, 0.25) is 0 Å². The Kier molecular flexibility index (Phi) is 5.29. The first-order valence-electron chi connectivity index (χ1n) is 8.69. The van der Waals surface area contributed by atoms with Crippen LogP contribution in [0.3, 0.4) is 0 Å². The molecule has 2 aromatic carbocycles. The molecular formula is C20H14F2N6O2. The van der Waals surface area contributed by atoms with Gasteiger partial charge >= 0.3 is 6.03 Å². The van der Waals surface area contributed by atoms with Gasteiger partial charge in [0.2, 0.25) is 5.88 Å². The number of nitrogens with zero attached hydrogens (tertiary/aromatic N) is 4. The number of carbonyl (C=O) groups excluding carboxylic acids is 1. The molecule has 10 heteroatoms. The fraction of sp³-hybridized carbons (Fsp3) is 0. The lowest BCUT2D eigenvalue weighted by Crippen LogP contribution is -2.20. The first-order valence-corrected chi connectivity index (χ1v) is 8.69. The second-order valence-electron chi connectivity index (χ2n) is 5.99. The van der Waals surface area contributed by atoms with Crippen LogP contribution in [0.5, 0.6) is 11.6 Å². The number of rotatable bonds is 5. The van der Waals surface area contributed by atoms with Gasteiger partial charge in [-0.2, -0.15) is 0 Å². The SMILES string of the molecule is O=C(Nc1ccc(Oc2cc(-n3ccnc3)ncn2)cc1)Nc1c(F)cccc1F. The zero-order chi connectivity index (χ0) is 20.9. The maximum atomic E-state index is 13.6. The Morgan fingerprint density at radius 3 is 2.47 bits per heavy atom. The normalized spacial score (nSPS) is 10.5. The van der Waals surface area contributed by atoms with Crippen molar-refractivity contribution in [2.45, 2.75) is 0 Å². The Labute approximate surface area is 169 Å². The summed E-state index contributed by atoms with van der Waals surface area (Å²) in [5.74, 6) is -0.353. The van der Waals surface area contributed by atoms with Crippen LogP contribution in [0.15, 0.2) is 73.6 Å². The highest BCUT2D eigenvalue weighted by Gasteiger charge is 2.12. The molecule has 2 heterocycles. The lowest BCUT2D eigenvalue weighted by atomic mass is 10.3. The van der Waals surface area contributed by atoms with Gasteiger partial charge < -0.3 is 15.4 Å². The van der Waals surface area contributed by atoms with Gasteiger partial charge in [-0.3, -0.25) is 4.57 Å². The molecule has 4 rings (SSSR count). The van der Waals surface area contributed by atoms with Gasteiger partial charge in [-0.1, -0.05) is 6.07 Å². The van der Waals surface area contributed by atoms with Crippen molar-refractivity contribution in [2.75, 3.05) is 10.6 Å². The predicted molar refractivity (Wildman–Crippen MR) is 105 cm³/mol. The van der Waals surface area contributed by atoms with E-state index >= 15 is 0 Å². The van der Waals surface area contributed by atoms with Crippen molar-refractivity contribution in [1.29, 1.82) is 0 Å². The first-order chi connectivity index (χ1) is 14.6. The Balaban J connectivity index is 1.40. The van der Waals surface area contributed by atoms with Crippen LogP contribution < -0.4 is 15.4 Å². The Hall–Kier alpha value is -4.34. The number of benzene rings is 2. The zero-order valence-electron chi connectivity index (χ0n) is 15.3. The van der Waals surface area contributed by atoms with Gasteiger partial charge in [0.1, 0.15) is 41.5 Å². The Morgan fingerprint density at radius 2 is 1.77 bits per heavy atom. The summed E-state index contributed by atoms with van der Waals surface area (Å²) >= 11 is 0. The number of nitrogens with one attached hydrogen (secondary N) is 2. The molecule has 150 valence electrons. The molecule has 0 spiro atoms. The van der Waals surface area contributed by atoms with E-state index in [1.54, 1.807) is 53.6 Å². The van der Waals surface area contributed by atoms with E-state index in [0.717, 1.165) is 12.1 Å². The van der Waals surface area contributed by atoms with Crippen LogP contribution in [-0.2, 0) is 0 Å². The number of halogens is 2. The van der Waals surface area contributed by atoms with Crippen LogP contribution in [0.4, 0.5) is 25.0 Å². The minimum Gasteiger partial charge on any atom is -0.439 e. The molecule has 2 amide bonds. The third kappa shape index (κ3) is 4.38. The van der Waals surface area contributed by atoms with Gasteiger partial charge in [0.25, 0.3) is 0 Å². The van der Waals surface area contributed by atoms with E-state index in [1.807, 2.05) is 0 Å². The molecule has 0 aliphatic carbocycles. The maximum absolute atomic E-state index is 13.6. The van der Waals surface area contributed by atoms with E-state index in [1.165, 1.54) is 12.4 Å². The zero-order valence-corrected chi connectivity index (χ0v) is 15.3. The molecule has 8 nitrogen and oxygen atoms in total. The lowest BCUT2D eigenvalue weighted by Gasteiger charge is -2.10. The first kappa shape index (κ1) is 19.0. The number of hydrogen-bond donors (Lipinski definition) is 2. The number of urea groups is 1. The van der Waals surface area contributed by atoms with E-state index < -0.39 is 23.4 Å². The molecule has 0 unspecified atom stereocenters. The van der Waals surface area contributed by atoms with Crippen LogP contribution in [0.1, 0.15) is 0 Å². The molecule has 30 heavy (non-hydrogen) atoms. The van der Waals surface area contributed by atoms with E-state index in [9.17, 15) is 13.6 Å². The van der Waals surface area contributed by atoms with Gasteiger partial charge in [0, 0.05) is 24.1 Å². The largest absolute Gasteiger partial charge is 0.439 e. The van der Waals surface area contributed by atoms with Crippen molar-refractivity contribution >= 4 is 17.4 Å². The summed E-state index contributed by atoms with van der Waals surface area (Å²) < 4.78 is 34.6. The molecule has 0 radical (unpaired) electrons. The van der Waals surface area contributed by atoms with Gasteiger partial charge in [-0.05, 0) is 36.4 Å². The summed E-state index contributed by atoms with van der Waals surface area (Å²) in [6, 6.07) is 10.5. The molecule has 2 N–H and O–H groups in total. The number of carbonyl (C=O) groups is 1. The molecule has 0 aliphatic heterocycles. The minimum absolute atomic E-state index is 0.321. The number of para-hydroxylation sites is 1. The summed E-state index contributed by atoms with van der Waals surface area (Å²) in [7, 11) is 0. The highest BCUT2D eigenvalue weighted by atomic mass is 19.1. The fourth-order valence-electron chi connectivity index (χ4n) is 2.54. The lowest BCUT2D eigenvalue weighted by molar-refractivity contribution is 0.262. The molecule has 0 aliphatic rings. The predicted octanol–water partition coefficient (Wildman–Crippen LogP) is 4.38. The summed E-state index contributed by atoms with van der Waals surface area (Å²) in [5, 5.41) is 4.63. The second kappa shape index (κ2) is 8.35. The van der Waals surface area contributed by atoms with E-state index in [-0.39, 0.29) is 0 Å². The summed E-state index contributed by atoms with van der Waals surface area (Å²) in [6.45, 7) is 0. The van der Waals surface area contributed by atoms with Crippen molar-refractivity contribution in [1.82, 2.24) is 19.5 Å². The smallest absolute Gasteiger partial charge is 0.323 e. The summed E-state index contributed by atoms with van der Waals surface area (Å²) in [4.78, 5) is 24.2. The van der Waals surface area contributed by atoms with Crippen LogP contribution >= 0.6 is 0 Å². The molecule has 2 aromatic heterocycles. The molecule has 4 aromatic rings. The molecule has 0 atom stereocenters. The third-order valence-corrected chi connectivity index (χ3v) is 3.93. The maximum Gasteiger partial charge on any atom is 0.323 e.